The Bertz CT molecular complexity index is 1210. The Balaban J connectivity index is 1.69. The lowest BCUT2D eigenvalue weighted by molar-refractivity contribution is -0.662. The van der Waals surface area contributed by atoms with Crippen molar-refractivity contribution in [1.29, 1.82) is 0 Å². The van der Waals surface area contributed by atoms with Crippen molar-refractivity contribution < 1.29 is 9.30 Å². The number of hydrogen-bond acceptors (Lipinski definition) is 4. The molecule has 1 aliphatic heterocycles. The van der Waals surface area contributed by atoms with Crippen molar-refractivity contribution in [3.05, 3.63) is 34.3 Å². The van der Waals surface area contributed by atoms with E-state index in [1.165, 1.54) is 69.3 Å². The number of thiophene rings is 2. The molecule has 6 rings (SSSR count). The molecule has 0 bridgehead atoms. The van der Waals surface area contributed by atoms with Gasteiger partial charge in [-0.3, -0.25) is 0 Å². The van der Waals surface area contributed by atoms with E-state index in [0.29, 0.717) is 5.92 Å². The highest BCUT2D eigenvalue weighted by Gasteiger charge is 2.35. The maximum absolute atomic E-state index is 6.65. The number of rotatable bonds is 1. The molecule has 0 amide bonds. The van der Waals surface area contributed by atoms with Crippen molar-refractivity contribution in [2.75, 3.05) is 0 Å². The van der Waals surface area contributed by atoms with E-state index in [1.54, 1.807) is 11.3 Å². The Kier molecular flexibility index (Phi) is 3.42. The zero-order valence-electron chi connectivity index (χ0n) is 15.5. The van der Waals surface area contributed by atoms with Crippen LogP contribution >= 0.6 is 22.7 Å². The molecule has 0 spiro atoms. The number of aryl methyl sites for hydroxylation is 2. The van der Waals surface area contributed by atoms with E-state index in [4.69, 9.17) is 9.72 Å². The number of hydrogen-bond donors (Lipinski definition) is 0. The fourth-order valence-electron chi connectivity index (χ4n) is 4.87. The summed E-state index contributed by atoms with van der Waals surface area (Å²) in [5.74, 6) is 2.72. The molecule has 1 fully saturated rings. The molecule has 136 valence electrons. The molecule has 0 unspecified atom stereocenters. The highest BCUT2D eigenvalue weighted by atomic mass is 32.1. The summed E-state index contributed by atoms with van der Waals surface area (Å²) >= 11 is 3.64. The van der Waals surface area contributed by atoms with Gasteiger partial charge in [0.1, 0.15) is 11.1 Å². The molecule has 0 atom stereocenters. The van der Waals surface area contributed by atoms with Crippen LogP contribution < -0.4 is 9.30 Å². The van der Waals surface area contributed by atoms with Gasteiger partial charge in [-0.25, -0.2) is 4.57 Å². The topological polar surface area (TPSA) is 26.0 Å². The van der Waals surface area contributed by atoms with Crippen LogP contribution in [0.1, 0.15) is 48.5 Å². The summed E-state index contributed by atoms with van der Waals surface area (Å²) in [6, 6.07) is 4.46. The maximum atomic E-state index is 6.65. The smallest absolute Gasteiger partial charge is 0.288 e. The van der Waals surface area contributed by atoms with E-state index >= 15 is 0 Å². The van der Waals surface area contributed by atoms with E-state index in [-0.39, 0.29) is 0 Å². The molecule has 1 aromatic carbocycles. The first kappa shape index (κ1) is 16.0. The van der Waals surface area contributed by atoms with Crippen LogP contribution in [-0.4, -0.2) is 4.98 Å². The fraction of sp³-hybridized carbons (Fsp3) is 0.364. The fourth-order valence-corrected chi connectivity index (χ4v) is 6.98. The van der Waals surface area contributed by atoms with Gasteiger partial charge in [0.05, 0.1) is 17.5 Å². The van der Waals surface area contributed by atoms with Crippen LogP contribution in [0.2, 0.25) is 0 Å². The zero-order valence-corrected chi connectivity index (χ0v) is 17.2. The minimum absolute atomic E-state index is 0.624. The third-order valence-electron chi connectivity index (χ3n) is 6.22. The van der Waals surface area contributed by atoms with Gasteiger partial charge in [-0.2, -0.15) is 0 Å². The van der Waals surface area contributed by atoms with Crippen LogP contribution in [0.15, 0.2) is 23.8 Å². The lowest BCUT2D eigenvalue weighted by atomic mass is 9.87. The number of ether oxygens (including phenoxy) is 1. The molecule has 4 aromatic rings. The summed E-state index contributed by atoms with van der Waals surface area (Å²) in [6.45, 7) is 2.23. The number of aromatic nitrogens is 2. The average molecular weight is 394 g/mol. The molecule has 27 heavy (non-hydrogen) atoms. The maximum Gasteiger partial charge on any atom is 0.288 e. The zero-order chi connectivity index (χ0) is 18.1. The molecule has 1 saturated carbocycles. The lowest BCUT2D eigenvalue weighted by Gasteiger charge is -2.24. The number of fused-ring (bicyclic) bond motifs is 3. The van der Waals surface area contributed by atoms with E-state index in [0.717, 1.165) is 16.3 Å². The second-order valence-corrected chi connectivity index (χ2v) is 9.80. The van der Waals surface area contributed by atoms with Crippen molar-refractivity contribution in [2.24, 2.45) is 7.05 Å². The van der Waals surface area contributed by atoms with E-state index in [2.05, 4.69) is 36.1 Å². The van der Waals surface area contributed by atoms with Gasteiger partial charge in [-0.15, -0.1) is 11.3 Å². The molecule has 2 aliphatic rings. The van der Waals surface area contributed by atoms with Crippen LogP contribution in [0.5, 0.6) is 11.5 Å². The molecule has 5 heteroatoms. The molecular formula is C22H21N2OS2+. The van der Waals surface area contributed by atoms with Crippen LogP contribution in [0.3, 0.4) is 0 Å². The normalized spacial score (nSPS) is 16.7. The van der Waals surface area contributed by atoms with Crippen molar-refractivity contribution in [3.63, 3.8) is 0 Å². The molecule has 3 aromatic heterocycles. The molecule has 0 radical (unpaired) electrons. The summed E-state index contributed by atoms with van der Waals surface area (Å²) in [6.07, 6.45) is 8.56. The highest BCUT2D eigenvalue weighted by Crippen LogP contribution is 2.55. The van der Waals surface area contributed by atoms with Crippen molar-refractivity contribution >= 4 is 43.0 Å². The molecule has 4 heterocycles. The van der Waals surface area contributed by atoms with Gasteiger partial charge in [0.15, 0.2) is 11.4 Å². The predicted molar refractivity (Wildman–Crippen MR) is 112 cm³/mol. The largest absolute Gasteiger partial charge is 0.454 e. The van der Waals surface area contributed by atoms with Gasteiger partial charge in [-0.05, 0) is 59.1 Å². The van der Waals surface area contributed by atoms with Crippen LogP contribution in [0.4, 0.5) is 0 Å². The minimum Gasteiger partial charge on any atom is -0.454 e. The standard InChI is InChI=1S/C22H21N2OS2/c1-12-14-8-9-26-16(14)10-15-17(12)19-18-20(25-15)21(13-6-4-3-5-7-13)27-22(18)23-11-24(19)2/h8-11,13H,3-7H2,1-2H3/q+1. The Morgan fingerprint density at radius 3 is 2.93 bits per heavy atom. The SMILES string of the molecule is Cc1c2c(cc3sccc13)Oc1c(C3CCCCC3)sc3nc[n+](C)c-2c13. The number of nitrogens with zero attached hydrogens (tertiary/aromatic N) is 2. The van der Waals surface area contributed by atoms with E-state index in [9.17, 15) is 0 Å². The molecule has 1 aliphatic carbocycles. The first-order valence-electron chi connectivity index (χ1n) is 9.72. The Morgan fingerprint density at radius 1 is 1.22 bits per heavy atom. The van der Waals surface area contributed by atoms with Gasteiger partial charge in [0, 0.05) is 4.70 Å². The summed E-state index contributed by atoms with van der Waals surface area (Å²) in [5.41, 5.74) is 3.80. The predicted octanol–water partition coefficient (Wildman–Crippen LogP) is 6.46. The monoisotopic (exact) mass is 393 g/mol. The van der Waals surface area contributed by atoms with E-state index < -0.39 is 0 Å². The Morgan fingerprint density at radius 2 is 2.07 bits per heavy atom. The molecule has 0 saturated heterocycles. The molecule has 0 N–H and O–H groups in total. The highest BCUT2D eigenvalue weighted by molar-refractivity contribution is 7.19. The quantitative estimate of drug-likeness (QED) is 0.305. The van der Waals surface area contributed by atoms with Crippen molar-refractivity contribution in [3.8, 4) is 22.8 Å². The second kappa shape index (κ2) is 5.76. The summed E-state index contributed by atoms with van der Waals surface area (Å²) in [5, 5.41) is 4.72. The van der Waals surface area contributed by atoms with E-state index in [1.807, 2.05) is 17.7 Å². The second-order valence-electron chi connectivity index (χ2n) is 7.82. The van der Waals surface area contributed by atoms with Crippen LogP contribution in [-0.2, 0) is 7.05 Å². The first-order valence-corrected chi connectivity index (χ1v) is 11.4. The molecule has 3 nitrogen and oxygen atoms in total. The first-order chi connectivity index (χ1) is 13.2. The summed E-state index contributed by atoms with van der Waals surface area (Å²) in [7, 11) is 2.11. The van der Waals surface area contributed by atoms with Crippen molar-refractivity contribution in [1.82, 2.24) is 4.98 Å². The van der Waals surface area contributed by atoms with Crippen molar-refractivity contribution in [2.45, 2.75) is 44.9 Å². The molecular weight excluding hydrogens is 372 g/mol. The minimum atomic E-state index is 0.624. The van der Waals surface area contributed by atoms with Gasteiger partial charge in [-0.1, -0.05) is 30.6 Å². The average Bonchev–Trinajstić information content (AvgIpc) is 3.30. The van der Waals surface area contributed by atoms with Crippen LogP contribution in [0, 0.1) is 6.92 Å². The van der Waals surface area contributed by atoms with Gasteiger partial charge < -0.3 is 4.74 Å². The van der Waals surface area contributed by atoms with Gasteiger partial charge >= 0.3 is 0 Å². The third kappa shape index (κ3) is 2.18. The number of benzene rings is 1. The summed E-state index contributed by atoms with van der Waals surface area (Å²) < 4.78 is 10.1. The van der Waals surface area contributed by atoms with Gasteiger partial charge in [0.2, 0.25) is 4.83 Å². The van der Waals surface area contributed by atoms with Crippen LogP contribution in [0.25, 0.3) is 31.6 Å². The summed E-state index contributed by atoms with van der Waals surface area (Å²) in [4.78, 5) is 7.29. The lowest BCUT2D eigenvalue weighted by Crippen LogP contribution is -2.32. The third-order valence-corrected chi connectivity index (χ3v) is 8.32. The Labute approximate surface area is 166 Å². The van der Waals surface area contributed by atoms with Gasteiger partial charge in [0.25, 0.3) is 6.33 Å². The Hall–Kier alpha value is -1.98.